The summed E-state index contributed by atoms with van der Waals surface area (Å²) in [6.45, 7) is 3.13. The third kappa shape index (κ3) is 5.13. The average molecular weight is 396 g/mol. The quantitative estimate of drug-likeness (QED) is 0.714. The zero-order valence-electron chi connectivity index (χ0n) is 14.4. The number of amides is 1. The number of carboxylic acids is 1. The second kappa shape index (κ2) is 8.43. The predicted octanol–water partition coefficient (Wildman–Crippen LogP) is 2.73. The van der Waals surface area contributed by atoms with Crippen LogP contribution in [-0.2, 0) is 14.8 Å². The van der Waals surface area contributed by atoms with Gasteiger partial charge >= 0.3 is 5.97 Å². The van der Waals surface area contributed by atoms with E-state index in [1.807, 2.05) is 13.8 Å². The first-order valence-electron chi connectivity index (χ1n) is 7.87. The van der Waals surface area contributed by atoms with E-state index < -0.39 is 22.5 Å². The summed E-state index contributed by atoms with van der Waals surface area (Å²) < 4.78 is 26.3. The number of sulfonamides is 1. The Hall–Kier alpha value is -2.23. The molecule has 0 bridgehead atoms. The van der Waals surface area contributed by atoms with E-state index in [1.165, 1.54) is 35.6 Å². The largest absolute Gasteiger partial charge is 0.480 e. The Morgan fingerprint density at radius 1 is 1.19 bits per heavy atom. The zero-order chi connectivity index (χ0) is 19.3. The van der Waals surface area contributed by atoms with Crippen molar-refractivity contribution in [3.05, 3.63) is 46.7 Å². The molecule has 2 aromatic rings. The molecule has 0 fully saturated rings. The average Bonchev–Trinajstić information content (AvgIpc) is 3.08. The molecule has 0 radical (unpaired) electrons. The Balaban J connectivity index is 2.18. The molecule has 0 saturated heterocycles. The van der Waals surface area contributed by atoms with E-state index in [0.717, 1.165) is 4.31 Å². The fraction of sp³-hybridized carbons (Fsp3) is 0.294. The highest BCUT2D eigenvalue weighted by Crippen LogP contribution is 2.20. The second-order valence-electron chi connectivity index (χ2n) is 6.04. The molecule has 2 rings (SSSR count). The van der Waals surface area contributed by atoms with E-state index in [9.17, 15) is 18.0 Å². The van der Waals surface area contributed by atoms with Gasteiger partial charge in [-0.05, 0) is 41.6 Å². The van der Waals surface area contributed by atoms with Crippen molar-refractivity contribution in [2.45, 2.75) is 18.7 Å². The summed E-state index contributed by atoms with van der Waals surface area (Å²) in [5.41, 5.74) is 0.455. The van der Waals surface area contributed by atoms with Gasteiger partial charge in [0.1, 0.15) is 6.54 Å². The molecular formula is C17H20N2O5S2. The van der Waals surface area contributed by atoms with Crippen LogP contribution in [0.1, 0.15) is 23.5 Å². The van der Waals surface area contributed by atoms with Crippen molar-refractivity contribution in [3.8, 4) is 0 Å². The number of carbonyl (C=O) groups is 2. The number of carboxylic acid groups (broad SMARTS) is 1. The van der Waals surface area contributed by atoms with Crippen LogP contribution in [0.4, 0.5) is 5.69 Å². The molecular weight excluding hydrogens is 376 g/mol. The maximum atomic E-state index is 12.7. The first-order chi connectivity index (χ1) is 12.2. The Labute approximate surface area is 156 Å². The topological polar surface area (TPSA) is 104 Å². The van der Waals surface area contributed by atoms with Gasteiger partial charge in [0.05, 0.1) is 9.77 Å². The number of aliphatic carboxylic acids is 1. The fourth-order valence-electron chi connectivity index (χ4n) is 2.27. The van der Waals surface area contributed by atoms with Crippen LogP contribution < -0.4 is 5.32 Å². The highest BCUT2D eigenvalue weighted by atomic mass is 32.2. The van der Waals surface area contributed by atoms with Gasteiger partial charge in [0.25, 0.3) is 5.91 Å². The number of rotatable bonds is 8. The maximum Gasteiger partial charge on any atom is 0.318 e. The zero-order valence-corrected chi connectivity index (χ0v) is 16.0. The van der Waals surface area contributed by atoms with E-state index in [1.54, 1.807) is 17.5 Å². The monoisotopic (exact) mass is 396 g/mol. The highest BCUT2D eigenvalue weighted by Gasteiger charge is 2.27. The van der Waals surface area contributed by atoms with Gasteiger partial charge in [-0.15, -0.1) is 11.3 Å². The molecule has 7 nitrogen and oxygen atoms in total. The first kappa shape index (κ1) is 20.1. The molecule has 9 heteroatoms. The minimum absolute atomic E-state index is 0.0199. The number of carbonyl (C=O) groups excluding carboxylic acids is 1. The molecule has 0 saturated carbocycles. The first-order valence-corrected chi connectivity index (χ1v) is 10.2. The van der Waals surface area contributed by atoms with Crippen LogP contribution >= 0.6 is 11.3 Å². The van der Waals surface area contributed by atoms with Gasteiger partial charge in [-0.25, -0.2) is 8.42 Å². The summed E-state index contributed by atoms with van der Waals surface area (Å²) in [7, 11) is -3.94. The number of hydrogen-bond donors (Lipinski definition) is 2. The van der Waals surface area contributed by atoms with E-state index in [4.69, 9.17) is 5.11 Å². The summed E-state index contributed by atoms with van der Waals surface area (Å²) in [4.78, 5) is 23.5. The molecule has 1 aromatic carbocycles. The molecule has 140 valence electrons. The number of nitrogens with zero attached hydrogens (tertiary/aromatic N) is 1. The lowest BCUT2D eigenvalue weighted by molar-refractivity contribution is -0.137. The molecule has 1 amide bonds. The number of thiophene rings is 1. The minimum Gasteiger partial charge on any atom is -0.480 e. The van der Waals surface area contributed by atoms with Crippen molar-refractivity contribution in [1.82, 2.24) is 4.31 Å². The molecule has 0 unspecified atom stereocenters. The van der Waals surface area contributed by atoms with Gasteiger partial charge in [0, 0.05) is 12.2 Å². The number of hydrogen-bond acceptors (Lipinski definition) is 5. The van der Waals surface area contributed by atoms with E-state index in [2.05, 4.69) is 5.32 Å². The number of nitrogens with one attached hydrogen (secondary N) is 1. The molecule has 0 spiro atoms. The Morgan fingerprint density at radius 3 is 2.35 bits per heavy atom. The molecule has 0 atom stereocenters. The molecule has 26 heavy (non-hydrogen) atoms. The van der Waals surface area contributed by atoms with Crippen molar-refractivity contribution in [2.75, 3.05) is 18.4 Å². The standard InChI is InChI=1S/C17H20N2O5S2/c1-12(2)10-19(11-16(20)21)26(23,24)14-7-5-13(6-8-14)18-17(22)15-4-3-9-25-15/h3-9,12H,10-11H2,1-2H3,(H,18,22)(H,20,21). The van der Waals surface area contributed by atoms with Crippen LogP contribution in [0.25, 0.3) is 0 Å². The lowest BCUT2D eigenvalue weighted by Gasteiger charge is -2.22. The molecule has 0 aliphatic rings. The smallest absolute Gasteiger partial charge is 0.318 e. The summed E-state index contributed by atoms with van der Waals surface area (Å²) in [5.74, 6) is -1.51. The summed E-state index contributed by atoms with van der Waals surface area (Å²) in [6.07, 6.45) is 0. The minimum atomic E-state index is -3.94. The van der Waals surface area contributed by atoms with Gasteiger partial charge < -0.3 is 10.4 Å². The molecule has 0 aliphatic carbocycles. The third-order valence-corrected chi connectivity index (χ3v) is 6.07. The Bertz CT molecular complexity index is 859. The molecule has 2 N–H and O–H groups in total. The SMILES string of the molecule is CC(C)CN(CC(=O)O)S(=O)(=O)c1ccc(NC(=O)c2cccs2)cc1. The normalized spacial score (nSPS) is 11.7. The summed E-state index contributed by atoms with van der Waals surface area (Å²) in [5, 5.41) is 13.5. The lowest BCUT2D eigenvalue weighted by atomic mass is 10.2. The van der Waals surface area contributed by atoms with E-state index in [0.29, 0.717) is 10.6 Å². The van der Waals surface area contributed by atoms with Crippen molar-refractivity contribution in [3.63, 3.8) is 0 Å². The van der Waals surface area contributed by atoms with Gasteiger partial charge in [0.2, 0.25) is 10.0 Å². The molecule has 1 heterocycles. The lowest BCUT2D eigenvalue weighted by Crippen LogP contribution is -2.38. The van der Waals surface area contributed by atoms with E-state index in [-0.39, 0.29) is 23.3 Å². The van der Waals surface area contributed by atoms with Crippen molar-refractivity contribution in [1.29, 1.82) is 0 Å². The van der Waals surface area contributed by atoms with Crippen LogP contribution in [0.3, 0.4) is 0 Å². The van der Waals surface area contributed by atoms with Crippen LogP contribution in [-0.4, -0.2) is 42.8 Å². The highest BCUT2D eigenvalue weighted by molar-refractivity contribution is 7.89. The summed E-state index contributed by atoms with van der Waals surface area (Å²) >= 11 is 1.30. The summed E-state index contributed by atoms with van der Waals surface area (Å²) in [6, 6.07) is 9.12. The van der Waals surface area contributed by atoms with Gasteiger partial charge in [-0.2, -0.15) is 4.31 Å². The fourth-order valence-corrected chi connectivity index (χ4v) is 4.44. The van der Waals surface area contributed by atoms with Gasteiger partial charge in [-0.1, -0.05) is 19.9 Å². The van der Waals surface area contributed by atoms with Crippen LogP contribution in [0.15, 0.2) is 46.7 Å². The van der Waals surface area contributed by atoms with Crippen molar-refractivity contribution >= 4 is 38.9 Å². The maximum absolute atomic E-state index is 12.7. The number of benzene rings is 1. The predicted molar refractivity (Wildman–Crippen MR) is 99.9 cm³/mol. The second-order valence-corrected chi connectivity index (χ2v) is 8.93. The van der Waals surface area contributed by atoms with Crippen molar-refractivity contribution in [2.24, 2.45) is 5.92 Å². The van der Waals surface area contributed by atoms with Crippen LogP contribution in [0.2, 0.25) is 0 Å². The van der Waals surface area contributed by atoms with Gasteiger partial charge in [-0.3, -0.25) is 9.59 Å². The Morgan fingerprint density at radius 2 is 1.85 bits per heavy atom. The van der Waals surface area contributed by atoms with Gasteiger partial charge in [0.15, 0.2) is 0 Å². The van der Waals surface area contributed by atoms with E-state index >= 15 is 0 Å². The number of anilines is 1. The molecule has 0 aliphatic heterocycles. The Kier molecular flexibility index (Phi) is 6.52. The van der Waals surface area contributed by atoms with Crippen LogP contribution in [0, 0.1) is 5.92 Å². The van der Waals surface area contributed by atoms with Crippen molar-refractivity contribution < 1.29 is 23.1 Å². The van der Waals surface area contributed by atoms with Crippen LogP contribution in [0.5, 0.6) is 0 Å². The third-order valence-electron chi connectivity index (χ3n) is 3.38. The molecule has 1 aromatic heterocycles.